The first kappa shape index (κ1) is 9.16. The van der Waals surface area contributed by atoms with Crippen molar-refractivity contribution < 1.29 is 4.79 Å². The standard InChI is InChI=1S/C11H7N3O/c12-6-10-5-9(7-15)1-2-11(10)14-4-3-13-8-14/h1-5,7-8H. The van der Waals surface area contributed by atoms with Crippen LogP contribution in [0.4, 0.5) is 0 Å². The van der Waals surface area contributed by atoms with Crippen LogP contribution in [0.5, 0.6) is 0 Å². The van der Waals surface area contributed by atoms with E-state index in [4.69, 9.17) is 5.26 Å². The normalized spacial score (nSPS) is 9.53. The maximum atomic E-state index is 10.5. The lowest BCUT2D eigenvalue weighted by Gasteiger charge is -2.04. The molecule has 4 heteroatoms. The van der Waals surface area contributed by atoms with Crippen LogP contribution >= 0.6 is 0 Å². The molecule has 2 aromatic rings. The van der Waals surface area contributed by atoms with Crippen molar-refractivity contribution in [3.05, 3.63) is 48.0 Å². The number of hydrogen-bond acceptors (Lipinski definition) is 3. The quantitative estimate of drug-likeness (QED) is 0.686. The Labute approximate surface area is 86.4 Å². The Hall–Kier alpha value is -2.41. The van der Waals surface area contributed by atoms with E-state index in [9.17, 15) is 4.79 Å². The highest BCUT2D eigenvalue weighted by Crippen LogP contribution is 2.14. The lowest BCUT2D eigenvalue weighted by Crippen LogP contribution is -1.95. The van der Waals surface area contributed by atoms with Gasteiger partial charge in [0.05, 0.1) is 17.6 Å². The van der Waals surface area contributed by atoms with Gasteiger partial charge in [-0.3, -0.25) is 4.79 Å². The van der Waals surface area contributed by atoms with Gasteiger partial charge >= 0.3 is 0 Å². The Bertz CT molecular complexity index is 523. The van der Waals surface area contributed by atoms with Crippen LogP contribution in [0.15, 0.2) is 36.9 Å². The third kappa shape index (κ3) is 1.63. The van der Waals surface area contributed by atoms with Gasteiger partial charge in [0.15, 0.2) is 0 Å². The number of carbonyl (C=O) groups is 1. The molecule has 0 unspecified atom stereocenters. The molecule has 15 heavy (non-hydrogen) atoms. The first-order chi connectivity index (χ1) is 7.35. The molecule has 0 aliphatic heterocycles. The summed E-state index contributed by atoms with van der Waals surface area (Å²) in [7, 11) is 0. The van der Waals surface area contributed by atoms with Gasteiger partial charge < -0.3 is 4.57 Å². The number of benzene rings is 1. The van der Waals surface area contributed by atoms with Crippen molar-refractivity contribution in [2.24, 2.45) is 0 Å². The van der Waals surface area contributed by atoms with Crippen molar-refractivity contribution in [3.63, 3.8) is 0 Å². The SMILES string of the molecule is N#Cc1cc(C=O)ccc1-n1ccnc1. The van der Waals surface area contributed by atoms with Gasteiger partial charge in [0, 0.05) is 18.0 Å². The Morgan fingerprint density at radius 2 is 2.33 bits per heavy atom. The van der Waals surface area contributed by atoms with Crippen molar-refractivity contribution in [2.75, 3.05) is 0 Å². The van der Waals surface area contributed by atoms with Crippen LogP contribution in [-0.2, 0) is 0 Å². The molecule has 0 aliphatic carbocycles. The first-order valence-electron chi connectivity index (χ1n) is 4.33. The molecule has 0 aliphatic rings. The second kappa shape index (κ2) is 3.76. The summed E-state index contributed by atoms with van der Waals surface area (Å²) >= 11 is 0. The summed E-state index contributed by atoms with van der Waals surface area (Å²) in [5, 5.41) is 8.94. The van der Waals surface area contributed by atoms with E-state index in [1.54, 1.807) is 41.5 Å². The summed E-state index contributed by atoms with van der Waals surface area (Å²) in [6.07, 6.45) is 5.71. The second-order valence-corrected chi connectivity index (χ2v) is 2.98. The van der Waals surface area contributed by atoms with Crippen molar-refractivity contribution in [1.29, 1.82) is 5.26 Å². The molecule has 4 nitrogen and oxygen atoms in total. The van der Waals surface area contributed by atoms with Gasteiger partial charge in [-0.2, -0.15) is 5.26 Å². The van der Waals surface area contributed by atoms with E-state index in [0.717, 1.165) is 12.0 Å². The first-order valence-corrected chi connectivity index (χ1v) is 4.33. The fourth-order valence-corrected chi connectivity index (χ4v) is 1.34. The van der Waals surface area contributed by atoms with E-state index < -0.39 is 0 Å². The predicted molar refractivity (Wildman–Crippen MR) is 53.7 cm³/mol. The van der Waals surface area contributed by atoms with Crippen molar-refractivity contribution >= 4 is 6.29 Å². The fourth-order valence-electron chi connectivity index (χ4n) is 1.34. The molecule has 72 valence electrons. The molecule has 0 atom stereocenters. The summed E-state index contributed by atoms with van der Waals surface area (Å²) < 4.78 is 1.73. The van der Waals surface area contributed by atoms with E-state index >= 15 is 0 Å². The molecule has 1 aromatic heterocycles. The zero-order valence-corrected chi connectivity index (χ0v) is 7.79. The maximum absolute atomic E-state index is 10.5. The molecule has 2 rings (SSSR count). The fraction of sp³-hybridized carbons (Fsp3) is 0. The van der Waals surface area contributed by atoms with E-state index in [0.29, 0.717) is 11.1 Å². The number of imidazole rings is 1. The van der Waals surface area contributed by atoms with E-state index in [2.05, 4.69) is 11.1 Å². The van der Waals surface area contributed by atoms with Crippen LogP contribution in [0.2, 0.25) is 0 Å². The Morgan fingerprint density at radius 3 is 2.93 bits per heavy atom. The lowest BCUT2D eigenvalue weighted by atomic mass is 10.1. The van der Waals surface area contributed by atoms with E-state index in [1.807, 2.05) is 0 Å². The predicted octanol–water partition coefficient (Wildman–Crippen LogP) is 1.56. The highest BCUT2D eigenvalue weighted by atomic mass is 16.1. The molecule has 0 spiro atoms. The minimum atomic E-state index is 0.456. The number of aldehydes is 1. The number of nitriles is 1. The largest absolute Gasteiger partial charge is 0.305 e. The maximum Gasteiger partial charge on any atom is 0.150 e. The molecule has 0 N–H and O–H groups in total. The summed E-state index contributed by atoms with van der Waals surface area (Å²) in [5.74, 6) is 0. The van der Waals surface area contributed by atoms with Gasteiger partial charge in [-0.05, 0) is 18.2 Å². The third-order valence-corrected chi connectivity index (χ3v) is 2.06. The zero-order chi connectivity index (χ0) is 10.7. The summed E-state index contributed by atoms with van der Waals surface area (Å²) in [5.41, 5.74) is 1.67. The number of hydrogen-bond donors (Lipinski definition) is 0. The van der Waals surface area contributed by atoms with Crippen molar-refractivity contribution in [1.82, 2.24) is 9.55 Å². The van der Waals surface area contributed by atoms with E-state index in [1.165, 1.54) is 0 Å². The topological polar surface area (TPSA) is 58.7 Å². The second-order valence-electron chi connectivity index (χ2n) is 2.98. The summed E-state index contributed by atoms with van der Waals surface area (Å²) in [4.78, 5) is 14.4. The average molecular weight is 197 g/mol. The van der Waals surface area contributed by atoms with Crippen LogP contribution in [0.25, 0.3) is 5.69 Å². The molecule has 0 fully saturated rings. The Morgan fingerprint density at radius 1 is 1.47 bits per heavy atom. The molecule has 1 heterocycles. The lowest BCUT2D eigenvalue weighted by molar-refractivity contribution is 0.112. The van der Waals surface area contributed by atoms with Gasteiger partial charge in [-0.1, -0.05) is 0 Å². The van der Waals surface area contributed by atoms with Crippen LogP contribution < -0.4 is 0 Å². The summed E-state index contributed by atoms with van der Waals surface area (Å²) in [6.45, 7) is 0. The van der Waals surface area contributed by atoms with Gasteiger partial charge in [-0.25, -0.2) is 4.98 Å². The Balaban J connectivity index is 2.59. The molecule has 0 saturated carbocycles. The monoisotopic (exact) mass is 197 g/mol. The third-order valence-electron chi connectivity index (χ3n) is 2.06. The van der Waals surface area contributed by atoms with Crippen LogP contribution in [-0.4, -0.2) is 15.8 Å². The number of rotatable bonds is 2. The highest BCUT2D eigenvalue weighted by molar-refractivity contribution is 5.76. The van der Waals surface area contributed by atoms with Gasteiger partial charge in [0.25, 0.3) is 0 Å². The minimum absolute atomic E-state index is 0.456. The van der Waals surface area contributed by atoms with Crippen molar-refractivity contribution in [2.45, 2.75) is 0 Å². The van der Waals surface area contributed by atoms with Gasteiger partial charge in [0.2, 0.25) is 0 Å². The molecule has 1 aromatic carbocycles. The van der Waals surface area contributed by atoms with Crippen LogP contribution in [0, 0.1) is 11.3 Å². The molecular weight excluding hydrogens is 190 g/mol. The van der Waals surface area contributed by atoms with E-state index in [-0.39, 0.29) is 0 Å². The smallest absolute Gasteiger partial charge is 0.150 e. The summed E-state index contributed by atoms with van der Waals surface area (Å²) in [6, 6.07) is 7.00. The van der Waals surface area contributed by atoms with Crippen molar-refractivity contribution in [3.8, 4) is 11.8 Å². The Kier molecular flexibility index (Phi) is 2.30. The molecule has 0 saturated heterocycles. The van der Waals surface area contributed by atoms with Gasteiger partial charge in [0.1, 0.15) is 12.4 Å². The average Bonchev–Trinajstić information content (AvgIpc) is 2.81. The van der Waals surface area contributed by atoms with Crippen LogP contribution in [0.3, 0.4) is 0 Å². The zero-order valence-electron chi connectivity index (χ0n) is 7.79. The molecule has 0 amide bonds. The number of nitrogens with zero attached hydrogens (tertiary/aromatic N) is 3. The number of aromatic nitrogens is 2. The number of carbonyl (C=O) groups excluding carboxylic acids is 1. The molecular formula is C11H7N3O. The van der Waals surface area contributed by atoms with Crippen LogP contribution in [0.1, 0.15) is 15.9 Å². The van der Waals surface area contributed by atoms with Gasteiger partial charge in [-0.15, -0.1) is 0 Å². The molecule has 0 bridgehead atoms. The minimum Gasteiger partial charge on any atom is -0.305 e. The highest BCUT2D eigenvalue weighted by Gasteiger charge is 2.04. The molecule has 0 radical (unpaired) electrons.